The second kappa shape index (κ2) is 5.33. The molecule has 0 bridgehead atoms. The van der Waals surface area contributed by atoms with E-state index in [0.717, 1.165) is 12.1 Å². The van der Waals surface area contributed by atoms with Gasteiger partial charge in [-0.1, -0.05) is 19.1 Å². The third kappa shape index (κ3) is 2.67. The first-order valence-electron chi connectivity index (χ1n) is 5.87. The van der Waals surface area contributed by atoms with Crippen LogP contribution in [0.4, 0.5) is 0 Å². The number of nitrogens with zero attached hydrogens (tertiary/aromatic N) is 2. The highest BCUT2D eigenvalue weighted by atomic mass is 16.5. The minimum Gasteiger partial charge on any atom is -0.438 e. The van der Waals surface area contributed by atoms with Crippen molar-refractivity contribution in [2.75, 3.05) is 0 Å². The van der Waals surface area contributed by atoms with Gasteiger partial charge in [0.15, 0.2) is 0 Å². The van der Waals surface area contributed by atoms with Crippen LogP contribution in [0.5, 0.6) is 11.6 Å². The van der Waals surface area contributed by atoms with Crippen molar-refractivity contribution in [2.24, 2.45) is 0 Å². The Balaban J connectivity index is 2.27. The Bertz CT molecular complexity index is 582. The molecule has 3 nitrogen and oxygen atoms in total. The molecule has 0 unspecified atom stereocenters. The lowest BCUT2D eigenvalue weighted by atomic mass is 10.2. The van der Waals surface area contributed by atoms with E-state index in [0.29, 0.717) is 17.2 Å². The van der Waals surface area contributed by atoms with Gasteiger partial charge in [-0.15, -0.1) is 0 Å². The molecule has 0 aliphatic rings. The van der Waals surface area contributed by atoms with E-state index in [1.54, 1.807) is 12.1 Å². The highest BCUT2D eigenvalue weighted by molar-refractivity contribution is 5.41. The minimum absolute atomic E-state index is 0.363. The molecule has 0 N–H and O–H groups in total. The van der Waals surface area contributed by atoms with E-state index in [4.69, 9.17) is 10.00 Å². The number of ether oxygens (including phenoxy) is 1. The van der Waals surface area contributed by atoms with Crippen LogP contribution < -0.4 is 4.74 Å². The van der Waals surface area contributed by atoms with Gasteiger partial charge in [0, 0.05) is 5.69 Å². The summed E-state index contributed by atoms with van der Waals surface area (Å²) in [5.41, 5.74) is 2.52. The molecule has 3 heteroatoms. The van der Waals surface area contributed by atoms with E-state index in [9.17, 15) is 0 Å². The number of hydrogen-bond donors (Lipinski definition) is 0. The zero-order chi connectivity index (χ0) is 13.0. The number of aryl methyl sites for hydroxylation is 2. The molecule has 0 fully saturated rings. The number of pyridine rings is 1. The van der Waals surface area contributed by atoms with Gasteiger partial charge in [0.25, 0.3) is 0 Å². The monoisotopic (exact) mass is 238 g/mol. The third-order valence-corrected chi connectivity index (χ3v) is 2.67. The van der Waals surface area contributed by atoms with Crippen LogP contribution in [0.15, 0.2) is 36.4 Å². The fraction of sp³-hybridized carbons (Fsp3) is 0.200. The molecule has 2 aromatic rings. The van der Waals surface area contributed by atoms with Gasteiger partial charge in [-0.05, 0) is 43.2 Å². The van der Waals surface area contributed by atoms with Crippen LogP contribution in [0.3, 0.4) is 0 Å². The van der Waals surface area contributed by atoms with Gasteiger partial charge in [-0.2, -0.15) is 5.26 Å². The summed E-state index contributed by atoms with van der Waals surface area (Å²) in [6, 6.07) is 13.4. The number of rotatable bonds is 3. The fourth-order valence-electron chi connectivity index (χ4n) is 1.60. The minimum atomic E-state index is 0.363. The average molecular weight is 238 g/mol. The highest BCUT2D eigenvalue weighted by Gasteiger charge is 2.06. The van der Waals surface area contributed by atoms with Crippen LogP contribution in [0.25, 0.3) is 0 Å². The molecular weight excluding hydrogens is 224 g/mol. The summed E-state index contributed by atoms with van der Waals surface area (Å²) in [5, 5.41) is 9.00. The maximum absolute atomic E-state index is 9.00. The summed E-state index contributed by atoms with van der Waals surface area (Å²) in [6.07, 6.45) is 0.992. The summed E-state index contributed by atoms with van der Waals surface area (Å²) in [4.78, 5) is 4.24. The number of benzene rings is 1. The molecular formula is C15H14N2O. The van der Waals surface area contributed by atoms with E-state index in [-0.39, 0.29) is 0 Å². The van der Waals surface area contributed by atoms with E-state index in [2.05, 4.69) is 18.0 Å². The van der Waals surface area contributed by atoms with Gasteiger partial charge in [0.2, 0.25) is 5.88 Å². The Labute approximate surface area is 107 Å². The summed E-state index contributed by atoms with van der Waals surface area (Å²) >= 11 is 0. The van der Waals surface area contributed by atoms with Crippen LogP contribution in [0.2, 0.25) is 0 Å². The van der Waals surface area contributed by atoms with E-state index in [1.165, 1.54) is 5.56 Å². The summed E-state index contributed by atoms with van der Waals surface area (Å²) in [5.74, 6) is 1.06. The molecule has 0 saturated heterocycles. The molecule has 1 aromatic heterocycles. The number of aromatic nitrogens is 1. The van der Waals surface area contributed by atoms with Gasteiger partial charge in [0.1, 0.15) is 17.4 Å². The Kier molecular flexibility index (Phi) is 3.59. The zero-order valence-electron chi connectivity index (χ0n) is 10.5. The molecule has 1 heterocycles. The van der Waals surface area contributed by atoms with Gasteiger partial charge < -0.3 is 4.74 Å². The predicted octanol–water partition coefficient (Wildman–Crippen LogP) is 3.62. The first kappa shape index (κ1) is 12.1. The lowest BCUT2D eigenvalue weighted by Crippen LogP contribution is -1.93. The molecule has 0 saturated carbocycles. The molecule has 1 aromatic carbocycles. The van der Waals surface area contributed by atoms with Crippen molar-refractivity contribution < 1.29 is 4.74 Å². The average Bonchev–Trinajstić information content (AvgIpc) is 2.40. The van der Waals surface area contributed by atoms with Crippen molar-refractivity contribution in [3.05, 3.63) is 53.2 Å². The molecule has 90 valence electrons. The van der Waals surface area contributed by atoms with E-state index in [1.807, 2.05) is 31.2 Å². The van der Waals surface area contributed by atoms with E-state index >= 15 is 0 Å². The summed E-state index contributed by atoms with van der Waals surface area (Å²) in [6.45, 7) is 3.97. The molecule has 0 atom stereocenters. The van der Waals surface area contributed by atoms with E-state index < -0.39 is 0 Å². The smallest absolute Gasteiger partial charge is 0.237 e. The maximum atomic E-state index is 9.00. The summed E-state index contributed by atoms with van der Waals surface area (Å²) in [7, 11) is 0. The molecule has 0 aliphatic heterocycles. The lowest BCUT2D eigenvalue weighted by molar-refractivity contribution is 0.460. The van der Waals surface area contributed by atoms with Gasteiger partial charge >= 0.3 is 0 Å². The van der Waals surface area contributed by atoms with Crippen molar-refractivity contribution in [1.29, 1.82) is 5.26 Å². The molecule has 0 radical (unpaired) electrons. The lowest BCUT2D eigenvalue weighted by Gasteiger charge is -2.07. The van der Waals surface area contributed by atoms with Crippen molar-refractivity contribution in [3.8, 4) is 17.7 Å². The normalized spacial score (nSPS) is 9.83. The summed E-state index contributed by atoms with van der Waals surface area (Å²) < 4.78 is 5.65. The van der Waals surface area contributed by atoms with Crippen LogP contribution in [-0.4, -0.2) is 4.98 Å². The Morgan fingerprint density at radius 2 is 1.89 bits per heavy atom. The Morgan fingerprint density at radius 3 is 2.50 bits per heavy atom. The van der Waals surface area contributed by atoms with Crippen molar-refractivity contribution in [2.45, 2.75) is 20.3 Å². The van der Waals surface area contributed by atoms with Crippen LogP contribution >= 0.6 is 0 Å². The van der Waals surface area contributed by atoms with Gasteiger partial charge in [-0.25, -0.2) is 4.98 Å². The number of hydrogen-bond acceptors (Lipinski definition) is 3. The molecule has 2 rings (SSSR count). The number of nitriles is 1. The Morgan fingerprint density at radius 1 is 1.17 bits per heavy atom. The van der Waals surface area contributed by atoms with Crippen LogP contribution in [-0.2, 0) is 6.42 Å². The molecule has 18 heavy (non-hydrogen) atoms. The second-order valence-corrected chi connectivity index (χ2v) is 4.02. The first-order valence-corrected chi connectivity index (χ1v) is 5.87. The maximum Gasteiger partial charge on any atom is 0.237 e. The quantitative estimate of drug-likeness (QED) is 0.820. The predicted molar refractivity (Wildman–Crippen MR) is 69.6 cm³/mol. The topological polar surface area (TPSA) is 45.9 Å². The Hall–Kier alpha value is -2.34. The fourth-order valence-corrected chi connectivity index (χ4v) is 1.60. The second-order valence-electron chi connectivity index (χ2n) is 4.02. The zero-order valence-corrected chi connectivity index (χ0v) is 10.5. The van der Waals surface area contributed by atoms with Gasteiger partial charge in [0.05, 0.1) is 0 Å². The molecule has 0 amide bonds. The van der Waals surface area contributed by atoms with Crippen molar-refractivity contribution in [3.63, 3.8) is 0 Å². The van der Waals surface area contributed by atoms with Crippen molar-refractivity contribution >= 4 is 0 Å². The highest BCUT2D eigenvalue weighted by Crippen LogP contribution is 2.23. The first-order chi connectivity index (χ1) is 8.72. The third-order valence-electron chi connectivity index (χ3n) is 2.67. The standard InChI is InChI=1S/C15H14N2O/c1-3-12-5-8-14(9-6-12)18-15-13(10-16)7-4-11(2)17-15/h4-9H,3H2,1-2H3. The van der Waals surface area contributed by atoms with Crippen molar-refractivity contribution in [1.82, 2.24) is 4.98 Å². The molecule has 0 aliphatic carbocycles. The molecule has 0 spiro atoms. The largest absolute Gasteiger partial charge is 0.438 e. The van der Waals surface area contributed by atoms with Crippen LogP contribution in [0, 0.1) is 18.3 Å². The van der Waals surface area contributed by atoms with Gasteiger partial charge in [-0.3, -0.25) is 0 Å². The SMILES string of the molecule is CCc1ccc(Oc2nc(C)ccc2C#N)cc1. The van der Waals surface area contributed by atoms with Crippen LogP contribution in [0.1, 0.15) is 23.7 Å².